The normalized spacial score (nSPS) is 15.4. The van der Waals surface area contributed by atoms with Gasteiger partial charge in [-0.15, -0.1) is 0 Å². The second-order valence-corrected chi connectivity index (χ2v) is 7.50. The van der Waals surface area contributed by atoms with Crippen molar-refractivity contribution in [3.8, 4) is 0 Å². The Morgan fingerprint density at radius 2 is 1.97 bits per heavy atom. The van der Waals surface area contributed by atoms with Crippen molar-refractivity contribution >= 4 is 35.1 Å². The number of esters is 1. The molecule has 2 amide bonds. The van der Waals surface area contributed by atoms with Gasteiger partial charge in [0, 0.05) is 24.7 Å². The molecule has 0 spiro atoms. The summed E-state index contributed by atoms with van der Waals surface area (Å²) in [6, 6.07) is 3.00. The number of ether oxygens (including phenoxy) is 1. The summed E-state index contributed by atoms with van der Waals surface area (Å²) < 4.78 is 5.04. The molecule has 0 aromatic heterocycles. The molecular formula is C20H26ClN3O6. The van der Waals surface area contributed by atoms with Gasteiger partial charge in [0.25, 0.3) is 11.6 Å². The third-order valence-electron chi connectivity index (χ3n) is 5.01. The summed E-state index contributed by atoms with van der Waals surface area (Å²) in [5.74, 6) is -1.27. The van der Waals surface area contributed by atoms with Crippen LogP contribution >= 0.6 is 11.6 Å². The van der Waals surface area contributed by atoms with Crippen molar-refractivity contribution in [2.24, 2.45) is 5.92 Å². The number of carbonyl (C=O) groups is 3. The van der Waals surface area contributed by atoms with E-state index in [1.54, 1.807) is 11.8 Å². The molecule has 0 bridgehead atoms. The van der Waals surface area contributed by atoms with Gasteiger partial charge in [-0.25, -0.2) is 0 Å². The van der Waals surface area contributed by atoms with E-state index in [0.717, 1.165) is 6.07 Å². The number of nitro benzene ring substituents is 1. The van der Waals surface area contributed by atoms with Crippen molar-refractivity contribution in [1.82, 2.24) is 10.2 Å². The van der Waals surface area contributed by atoms with E-state index in [0.29, 0.717) is 45.4 Å². The zero-order chi connectivity index (χ0) is 22.3. The number of benzene rings is 1. The van der Waals surface area contributed by atoms with Crippen LogP contribution in [0.2, 0.25) is 5.02 Å². The quantitative estimate of drug-likeness (QED) is 0.378. The number of nitro groups is 1. The van der Waals surface area contributed by atoms with Crippen LogP contribution in [0.5, 0.6) is 0 Å². The van der Waals surface area contributed by atoms with Crippen LogP contribution in [0.15, 0.2) is 18.2 Å². The van der Waals surface area contributed by atoms with Crippen LogP contribution in [0.3, 0.4) is 0 Å². The molecule has 1 atom stereocenters. The number of rotatable bonds is 8. The van der Waals surface area contributed by atoms with Gasteiger partial charge in [0.15, 0.2) is 0 Å². The number of hydrogen-bond acceptors (Lipinski definition) is 6. The molecule has 1 fully saturated rings. The number of nitrogens with zero attached hydrogens (tertiary/aromatic N) is 2. The highest BCUT2D eigenvalue weighted by Gasteiger charge is 2.32. The molecule has 0 aliphatic carbocycles. The van der Waals surface area contributed by atoms with Gasteiger partial charge in [0.05, 0.1) is 17.4 Å². The predicted octanol–water partition coefficient (Wildman–Crippen LogP) is 2.95. The van der Waals surface area contributed by atoms with E-state index in [4.69, 9.17) is 16.3 Å². The van der Waals surface area contributed by atoms with Crippen LogP contribution in [-0.2, 0) is 14.3 Å². The van der Waals surface area contributed by atoms with Gasteiger partial charge >= 0.3 is 5.97 Å². The fourth-order valence-corrected chi connectivity index (χ4v) is 3.58. The minimum atomic E-state index is -0.753. The largest absolute Gasteiger partial charge is 0.466 e. The van der Waals surface area contributed by atoms with Crippen molar-refractivity contribution in [2.45, 2.75) is 45.6 Å². The van der Waals surface area contributed by atoms with Gasteiger partial charge in [-0.1, -0.05) is 24.9 Å². The minimum Gasteiger partial charge on any atom is -0.466 e. The van der Waals surface area contributed by atoms with Crippen molar-refractivity contribution < 1.29 is 24.0 Å². The topological polar surface area (TPSA) is 119 Å². The molecule has 1 N–H and O–H groups in total. The lowest BCUT2D eigenvalue weighted by Crippen LogP contribution is -2.51. The van der Waals surface area contributed by atoms with Crippen molar-refractivity contribution in [2.75, 3.05) is 19.7 Å². The lowest BCUT2D eigenvalue weighted by atomic mass is 9.96. The molecule has 2 rings (SSSR count). The molecule has 1 aliphatic heterocycles. The van der Waals surface area contributed by atoms with Gasteiger partial charge < -0.3 is 15.0 Å². The Bertz CT molecular complexity index is 808. The van der Waals surface area contributed by atoms with Gasteiger partial charge in [0.2, 0.25) is 5.91 Å². The van der Waals surface area contributed by atoms with Crippen LogP contribution < -0.4 is 5.32 Å². The lowest BCUT2D eigenvalue weighted by molar-refractivity contribution is -0.384. The summed E-state index contributed by atoms with van der Waals surface area (Å²) >= 11 is 5.79. The number of carbonyl (C=O) groups excluding carboxylic acids is 3. The number of likely N-dealkylation sites (tertiary alicyclic amines) is 1. The molecule has 1 unspecified atom stereocenters. The van der Waals surface area contributed by atoms with E-state index in [1.165, 1.54) is 12.1 Å². The predicted molar refractivity (Wildman–Crippen MR) is 110 cm³/mol. The molecule has 1 saturated heterocycles. The first-order valence-corrected chi connectivity index (χ1v) is 10.4. The molecule has 164 valence electrons. The fourth-order valence-electron chi connectivity index (χ4n) is 3.40. The van der Waals surface area contributed by atoms with Gasteiger partial charge in [-0.2, -0.15) is 0 Å². The summed E-state index contributed by atoms with van der Waals surface area (Å²) in [5, 5.41) is 13.7. The Labute approximate surface area is 179 Å². The van der Waals surface area contributed by atoms with Crippen LogP contribution in [0.4, 0.5) is 5.69 Å². The van der Waals surface area contributed by atoms with Crippen LogP contribution in [0.1, 0.15) is 49.9 Å². The second kappa shape index (κ2) is 10.9. The molecule has 1 aromatic rings. The fraction of sp³-hybridized carbons (Fsp3) is 0.550. The van der Waals surface area contributed by atoms with E-state index in [9.17, 15) is 24.5 Å². The van der Waals surface area contributed by atoms with E-state index < -0.39 is 16.9 Å². The molecule has 1 aromatic carbocycles. The van der Waals surface area contributed by atoms with Crippen LogP contribution in [-0.4, -0.2) is 53.3 Å². The minimum absolute atomic E-state index is 0.0565. The van der Waals surface area contributed by atoms with Crippen LogP contribution in [0, 0.1) is 16.0 Å². The van der Waals surface area contributed by atoms with Gasteiger partial charge in [-0.3, -0.25) is 24.5 Å². The Balaban J connectivity index is 2.04. The maximum absolute atomic E-state index is 13.0. The number of amides is 2. The van der Waals surface area contributed by atoms with E-state index >= 15 is 0 Å². The number of hydrogen-bond donors (Lipinski definition) is 1. The molecule has 9 nitrogen and oxygen atoms in total. The van der Waals surface area contributed by atoms with E-state index in [1.807, 2.05) is 6.92 Å². The Morgan fingerprint density at radius 1 is 1.30 bits per heavy atom. The second-order valence-electron chi connectivity index (χ2n) is 7.09. The smallest absolute Gasteiger partial charge is 0.309 e. The summed E-state index contributed by atoms with van der Waals surface area (Å²) in [6.07, 6.45) is 2.12. The Morgan fingerprint density at radius 3 is 2.53 bits per heavy atom. The SMILES string of the molecule is CCCC(NC(=O)c1ccc(Cl)c([N+](=O)[O-])c1)C(=O)N1CCC(C(=O)OCC)CC1. The lowest BCUT2D eigenvalue weighted by Gasteiger charge is -2.33. The van der Waals surface area contributed by atoms with Crippen molar-refractivity contribution in [3.63, 3.8) is 0 Å². The first-order valence-electron chi connectivity index (χ1n) is 9.98. The maximum Gasteiger partial charge on any atom is 0.309 e. The molecule has 0 radical (unpaired) electrons. The molecule has 0 saturated carbocycles. The first-order chi connectivity index (χ1) is 14.3. The van der Waals surface area contributed by atoms with Crippen molar-refractivity contribution in [3.05, 3.63) is 38.9 Å². The first kappa shape index (κ1) is 23.6. The standard InChI is InChI=1S/C20H26ClN3O6/c1-3-5-16(19(26)23-10-8-13(9-11-23)20(27)30-4-2)22-18(25)14-6-7-15(21)17(12-14)24(28)29/h6-7,12-13,16H,3-5,8-11H2,1-2H3,(H,22,25). The van der Waals surface area contributed by atoms with E-state index in [-0.39, 0.29) is 34.1 Å². The zero-order valence-electron chi connectivity index (χ0n) is 17.1. The highest BCUT2D eigenvalue weighted by atomic mass is 35.5. The average Bonchev–Trinajstić information content (AvgIpc) is 2.73. The third kappa shape index (κ3) is 5.91. The Hall–Kier alpha value is -2.68. The number of nitrogens with one attached hydrogen (secondary N) is 1. The highest BCUT2D eigenvalue weighted by Crippen LogP contribution is 2.25. The van der Waals surface area contributed by atoms with E-state index in [2.05, 4.69) is 5.32 Å². The average molecular weight is 440 g/mol. The van der Waals surface area contributed by atoms with Gasteiger partial charge in [-0.05, 0) is 38.3 Å². The molecule has 1 heterocycles. The Kier molecular flexibility index (Phi) is 8.58. The number of piperidine rings is 1. The number of halogens is 1. The zero-order valence-corrected chi connectivity index (χ0v) is 17.8. The summed E-state index contributed by atoms with van der Waals surface area (Å²) in [5.41, 5.74) is -0.315. The van der Waals surface area contributed by atoms with Crippen molar-refractivity contribution in [1.29, 1.82) is 0 Å². The molecule has 1 aliphatic rings. The molecular weight excluding hydrogens is 414 g/mol. The van der Waals surface area contributed by atoms with Gasteiger partial charge in [0.1, 0.15) is 11.1 Å². The van der Waals surface area contributed by atoms with Crippen LogP contribution in [0.25, 0.3) is 0 Å². The monoisotopic (exact) mass is 439 g/mol. The molecule has 10 heteroatoms. The third-order valence-corrected chi connectivity index (χ3v) is 5.33. The summed E-state index contributed by atoms with van der Waals surface area (Å²) in [4.78, 5) is 49.5. The highest BCUT2D eigenvalue weighted by molar-refractivity contribution is 6.32. The molecule has 30 heavy (non-hydrogen) atoms. The maximum atomic E-state index is 13.0. The summed E-state index contributed by atoms with van der Waals surface area (Å²) in [6.45, 7) is 4.79. The summed E-state index contributed by atoms with van der Waals surface area (Å²) in [7, 11) is 0.